The lowest BCUT2D eigenvalue weighted by Crippen LogP contribution is -2.53. The van der Waals surface area contributed by atoms with Gasteiger partial charge in [0.15, 0.2) is 0 Å². The molecular weight excluding hydrogens is 486 g/mol. The quantitative estimate of drug-likeness (QED) is 0.473. The van der Waals surface area contributed by atoms with Gasteiger partial charge in [-0.2, -0.15) is 0 Å². The molecule has 9 heteroatoms. The van der Waals surface area contributed by atoms with Gasteiger partial charge < -0.3 is 10.2 Å². The summed E-state index contributed by atoms with van der Waals surface area (Å²) < 4.78 is 26.8. The molecule has 1 atom stereocenters. The molecule has 0 unspecified atom stereocenters. The summed E-state index contributed by atoms with van der Waals surface area (Å²) >= 11 is 6.00. The van der Waals surface area contributed by atoms with Crippen molar-refractivity contribution >= 4 is 33.4 Å². The smallest absolute Gasteiger partial charge is 0.243 e. The normalized spacial score (nSPS) is 12.9. The van der Waals surface area contributed by atoms with Crippen LogP contribution in [0.15, 0.2) is 59.5 Å². The molecule has 0 fully saturated rings. The highest BCUT2D eigenvalue weighted by molar-refractivity contribution is 7.89. The lowest BCUT2D eigenvalue weighted by atomic mass is 10.0. The molecule has 2 rings (SSSR count). The van der Waals surface area contributed by atoms with E-state index in [0.29, 0.717) is 17.9 Å². The fourth-order valence-corrected chi connectivity index (χ4v) is 5.00. The molecule has 0 heterocycles. The number of sulfonamides is 1. The van der Waals surface area contributed by atoms with Crippen LogP contribution in [-0.4, -0.2) is 54.6 Å². The first-order valence-corrected chi connectivity index (χ1v) is 13.5. The van der Waals surface area contributed by atoms with Crippen molar-refractivity contribution in [1.29, 1.82) is 0 Å². The SMILES string of the molecule is CC[C@@H](C(=O)NC(C)(C)C)N(Cc1ccc(Cl)cc1)C(=O)CCCN(C)S(=O)(=O)c1ccccc1. The largest absolute Gasteiger partial charge is 0.350 e. The number of rotatable bonds is 11. The van der Waals surface area contributed by atoms with Crippen LogP contribution in [-0.2, 0) is 26.2 Å². The number of nitrogens with one attached hydrogen (secondary N) is 1. The van der Waals surface area contributed by atoms with Gasteiger partial charge >= 0.3 is 0 Å². The lowest BCUT2D eigenvalue weighted by molar-refractivity contribution is -0.142. The van der Waals surface area contributed by atoms with Crippen LogP contribution in [0.3, 0.4) is 0 Å². The zero-order valence-corrected chi connectivity index (χ0v) is 22.7. The highest BCUT2D eigenvalue weighted by Gasteiger charge is 2.30. The first-order chi connectivity index (χ1) is 16.3. The first kappa shape index (κ1) is 28.8. The molecule has 1 N–H and O–H groups in total. The zero-order chi connectivity index (χ0) is 26.2. The van der Waals surface area contributed by atoms with Crippen LogP contribution < -0.4 is 5.32 Å². The molecule has 35 heavy (non-hydrogen) atoms. The molecule has 2 amide bonds. The maximum atomic E-state index is 13.3. The average Bonchev–Trinajstić information content (AvgIpc) is 2.79. The number of hydrogen-bond acceptors (Lipinski definition) is 4. The second-order valence-electron chi connectivity index (χ2n) is 9.55. The van der Waals surface area contributed by atoms with Crippen LogP contribution in [0.4, 0.5) is 0 Å². The van der Waals surface area contributed by atoms with Crippen molar-refractivity contribution < 1.29 is 18.0 Å². The molecule has 2 aromatic rings. The summed E-state index contributed by atoms with van der Waals surface area (Å²) in [6, 6.07) is 14.7. The first-order valence-electron chi connectivity index (χ1n) is 11.7. The highest BCUT2D eigenvalue weighted by atomic mass is 35.5. The molecule has 0 aromatic heterocycles. The maximum Gasteiger partial charge on any atom is 0.243 e. The van der Waals surface area contributed by atoms with Crippen LogP contribution in [0.5, 0.6) is 0 Å². The van der Waals surface area contributed by atoms with Gasteiger partial charge in [-0.3, -0.25) is 9.59 Å². The third-order valence-electron chi connectivity index (χ3n) is 5.47. The van der Waals surface area contributed by atoms with Gasteiger partial charge in [0.1, 0.15) is 6.04 Å². The molecule has 0 radical (unpaired) electrons. The Labute approximate surface area is 214 Å². The molecule has 0 saturated heterocycles. The molecule has 0 spiro atoms. The Bertz CT molecular complexity index is 1080. The summed E-state index contributed by atoms with van der Waals surface area (Å²) in [5.74, 6) is -0.424. The van der Waals surface area contributed by atoms with Crippen LogP contribution in [0, 0.1) is 0 Å². The molecule has 0 aliphatic heterocycles. The van der Waals surface area contributed by atoms with E-state index in [1.165, 1.54) is 11.4 Å². The average molecular weight is 522 g/mol. The number of halogens is 1. The molecule has 0 aliphatic rings. The van der Waals surface area contributed by atoms with Crippen LogP contribution in [0.1, 0.15) is 52.5 Å². The van der Waals surface area contributed by atoms with Gasteiger partial charge in [0.2, 0.25) is 21.8 Å². The molecule has 2 aromatic carbocycles. The van der Waals surface area contributed by atoms with Gasteiger partial charge in [0.25, 0.3) is 0 Å². The summed E-state index contributed by atoms with van der Waals surface area (Å²) in [5, 5.41) is 3.56. The third-order valence-corrected chi connectivity index (χ3v) is 7.59. The van der Waals surface area contributed by atoms with Crippen molar-refractivity contribution in [1.82, 2.24) is 14.5 Å². The summed E-state index contributed by atoms with van der Waals surface area (Å²) in [5.41, 5.74) is 0.419. The summed E-state index contributed by atoms with van der Waals surface area (Å²) in [4.78, 5) is 28.2. The fraction of sp³-hybridized carbons (Fsp3) is 0.462. The maximum absolute atomic E-state index is 13.3. The molecule has 192 valence electrons. The van der Waals surface area contributed by atoms with Crippen LogP contribution in [0.25, 0.3) is 0 Å². The number of amides is 2. The van der Waals surface area contributed by atoms with Crippen LogP contribution in [0.2, 0.25) is 5.02 Å². The van der Waals surface area contributed by atoms with Crippen molar-refractivity contribution in [2.24, 2.45) is 0 Å². The van der Waals surface area contributed by atoms with Crippen molar-refractivity contribution in [3.8, 4) is 0 Å². The number of nitrogens with zero attached hydrogens (tertiary/aromatic N) is 2. The van der Waals surface area contributed by atoms with E-state index in [-0.39, 0.29) is 36.2 Å². The topological polar surface area (TPSA) is 86.8 Å². The Hall–Kier alpha value is -2.42. The lowest BCUT2D eigenvalue weighted by Gasteiger charge is -2.33. The number of hydrogen-bond donors (Lipinski definition) is 1. The number of carbonyl (C=O) groups is 2. The molecule has 0 saturated carbocycles. The standard InChI is InChI=1S/C26H36ClN3O4S/c1-6-23(25(32)28-26(2,3)4)30(19-20-14-16-21(27)17-15-20)24(31)13-10-18-29(5)35(33,34)22-11-8-7-9-12-22/h7-9,11-12,14-17,23H,6,10,13,18-19H2,1-5H3,(H,28,32)/t23-/m0/s1. The Morgan fingerprint density at radius 2 is 1.63 bits per heavy atom. The monoisotopic (exact) mass is 521 g/mol. The number of carbonyl (C=O) groups excluding carboxylic acids is 2. The summed E-state index contributed by atoms with van der Waals surface area (Å²) in [6.45, 7) is 7.99. The highest BCUT2D eigenvalue weighted by Crippen LogP contribution is 2.18. The minimum absolute atomic E-state index is 0.113. The van der Waals surface area contributed by atoms with Gasteiger partial charge in [-0.15, -0.1) is 0 Å². The van der Waals surface area contributed by atoms with Gasteiger partial charge in [-0.1, -0.05) is 48.9 Å². The van der Waals surface area contributed by atoms with E-state index in [1.54, 1.807) is 47.4 Å². The van der Waals surface area contributed by atoms with E-state index in [9.17, 15) is 18.0 Å². The minimum atomic E-state index is -3.63. The minimum Gasteiger partial charge on any atom is -0.350 e. The van der Waals surface area contributed by atoms with Crippen molar-refractivity contribution in [3.05, 3.63) is 65.2 Å². The van der Waals surface area contributed by atoms with Gasteiger partial charge in [0.05, 0.1) is 4.90 Å². The predicted octanol–water partition coefficient (Wildman–Crippen LogP) is 4.46. The second kappa shape index (κ2) is 12.5. The summed E-state index contributed by atoms with van der Waals surface area (Å²) in [6.07, 6.45) is 0.890. The predicted molar refractivity (Wildman–Crippen MR) is 139 cm³/mol. The van der Waals surface area contributed by atoms with E-state index in [4.69, 9.17) is 11.6 Å². The van der Waals surface area contributed by atoms with Gasteiger partial charge in [-0.05, 0) is 63.4 Å². The molecule has 0 bridgehead atoms. The molecular formula is C26H36ClN3O4S. The van der Waals surface area contributed by atoms with E-state index in [1.807, 2.05) is 39.8 Å². The zero-order valence-electron chi connectivity index (χ0n) is 21.1. The Kier molecular flexibility index (Phi) is 10.3. The molecule has 7 nitrogen and oxygen atoms in total. The van der Waals surface area contributed by atoms with E-state index in [0.717, 1.165) is 5.56 Å². The van der Waals surface area contributed by atoms with E-state index < -0.39 is 21.6 Å². The second-order valence-corrected chi connectivity index (χ2v) is 12.0. The summed E-state index contributed by atoms with van der Waals surface area (Å²) in [7, 11) is -2.13. The Balaban J connectivity index is 2.15. The van der Waals surface area contributed by atoms with E-state index in [2.05, 4.69) is 5.32 Å². The van der Waals surface area contributed by atoms with Crippen molar-refractivity contribution in [2.75, 3.05) is 13.6 Å². The molecule has 0 aliphatic carbocycles. The van der Waals surface area contributed by atoms with Crippen molar-refractivity contribution in [2.45, 2.75) is 70.0 Å². The number of benzene rings is 2. The van der Waals surface area contributed by atoms with Crippen molar-refractivity contribution in [3.63, 3.8) is 0 Å². The Morgan fingerprint density at radius 3 is 2.17 bits per heavy atom. The van der Waals surface area contributed by atoms with Crippen LogP contribution >= 0.6 is 11.6 Å². The van der Waals surface area contributed by atoms with E-state index >= 15 is 0 Å². The van der Waals surface area contributed by atoms with Gasteiger partial charge in [0, 0.05) is 37.1 Å². The Morgan fingerprint density at radius 1 is 1.03 bits per heavy atom. The third kappa shape index (κ3) is 8.63. The van der Waals surface area contributed by atoms with Gasteiger partial charge in [-0.25, -0.2) is 12.7 Å². The fourth-order valence-electron chi connectivity index (χ4n) is 3.65.